The van der Waals surface area contributed by atoms with E-state index >= 15 is 0 Å². The number of amides is 1. The third kappa shape index (κ3) is 6.57. The number of para-hydroxylation sites is 1. The predicted molar refractivity (Wildman–Crippen MR) is 100 cm³/mol. The number of carbonyl (C=O) groups is 1. The largest absolute Gasteiger partial charge is 0.496 e. The van der Waals surface area contributed by atoms with Gasteiger partial charge in [-0.05, 0) is 18.1 Å². The van der Waals surface area contributed by atoms with Crippen LogP contribution in [-0.2, 0) is 17.8 Å². The highest BCUT2D eigenvalue weighted by Gasteiger charge is 2.11. The molecular weight excluding hydrogens is 314 g/mol. The maximum absolute atomic E-state index is 12.3. The molecule has 0 fully saturated rings. The van der Waals surface area contributed by atoms with Gasteiger partial charge < -0.3 is 15.8 Å². The van der Waals surface area contributed by atoms with Gasteiger partial charge in [-0.1, -0.05) is 48.5 Å². The van der Waals surface area contributed by atoms with Crippen molar-refractivity contribution in [2.75, 3.05) is 33.3 Å². The van der Waals surface area contributed by atoms with Gasteiger partial charge >= 0.3 is 0 Å². The molecule has 0 unspecified atom stereocenters. The molecule has 5 heteroatoms. The molecule has 0 atom stereocenters. The number of nitrogens with one attached hydrogen (secondary N) is 1. The summed E-state index contributed by atoms with van der Waals surface area (Å²) in [5.41, 5.74) is 7.92. The van der Waals surface area contributed by atoms with Crippen molar-refractivity contribution in [3.63, 3.8) is 0 Å². The predicted octanol–water partition coefficient (Wildman–Crippen LogP) is 1.81. The van der Waals surface area contributed by atoms with Crippen LogP contribution in [0, 0.1) is 0 Å². The summed E-state index contributed by atoms with van der Waals surface area (Å²) in [4.78, 5) is 14.4. The van der Waals surface area contributed by atoms with Gasteiger partial charge in [-0.25, -0.2) is 0 Å². The molecule has 0 aliphatic rings. The van der Waals surface area contributed by atoms with Crippen LogP contribution < -0.4 is 15.8 Å². The van der Waals surface area contributed by atoms with Crippen LogP contribution in [0.1, 0.15) is 11.1 Å². The van der Waals surface area contributed by atoms with Crippen molar-refractivity contribution in [2.45, 2.75) is 13.0 Å². The Kier molecular flexibility index (Phi) is 7.95. The second-order valence-electron chi connectivity index (χ2n) is 5.89. The molecule has 0 heterocycles. The van der Waals surface area contributed by atoms with E-state index in [9.17, 15) is 4.79 Å². The van der Waals surface area contributed by atoms with Crippen LogP contribution in [0.2, 0.25) is 0 Å². The summed E-state index contributed by atoms with van der Waals surface area (Å²) in [5.74, 6) is 0.776. The Balaban J connectivity index is 1.82. The summed E-state index contributed by atoms with van der Waals surface area (Å²) < 4.78 is 5.31. The highest BCUT2D eigenvalue weighted by atomic mass is 16.5. The number of nitrogens with two attached hydrogens (primary N) is 1. The quantitative estimate of drug-likeness (QED) is 0.692. The lowest BCUT2D eigenvalue weighted by molar-refractivity contribution is -0.122. The van der Waals surface area contributed by atoms with E-state index in [1.807, 2.05) is 42.5 Å². The average Bonchev–Trinajstić information content (AvgIpc) is 2.65. The second kappa shape index (κ2) is 10.5. The molecule has 25 heavy (non-hydrogen) atoms. The number of nitrogens with zero attached hydrogens (tertiary/aromatic N) is 1. The fraction of sp³-hybridized carbons (Fsp3) is 0.350. The monoisotopic (exact) mass is 341 g/mol. The Morgan fingerprint density at radius 2 is 1.80 bits per heavy atom. The van der Waals surface area contributed by atoms with Gasteiger partial charge in [0.2, 0.25) is 5.91 Å². The van der Waals surface area contributed by atoms with Crippen molar-refractivity contribution in [3.8, 4) is 5.75 Å². The first-order chi connectivity index (χ1) is 12.2. The summed E-state index contributed by atoms with van der Waals surface area (Å²) >= 11 is 0. The van der Waals surface area contributed by atoms with Gasteiger partial charge in [-0.15, -0.1) is 0 Å². The number of carbonyl (C=O) groups excluding carboxylic acids is 1. The third-order valence-corrected chi connectivity index (χ3v) is 4.04. The fourth-order valence-electron chi connectivity index (χ4n) is 2.69. The smallest absolute Gasteiger partial charge is 0.234 e. The minimum Gasteiger partial charge on any atom is -0.496 e. The summed E-state index contributed by atoms with van der Waals surface area (Å²) in [6.07, 6.45) is 0.903. The maximum Gasteiger partial charge on any atom is 0.234 e. The number of hydrogen-bond donors (Lipinski definition) is 2. The van der Waals surface area contributed by atoms with Crippen molar-refractivity contribution in [2.24, 2.45) is 5.73 Å². The SMILES string of the molecule is COc1ccccc1CNC(=O)CN(CCN)CCc1ccccc1. The van der Waals surface area contributed by atoms with E-state index in [0.717, 1.165) is 24.3 Å². The first-order valence-electron chi connectivity index (χ1n) is 8.58. The molecule has 134 valence electrons. The van der Waals surface area contributed by atoms with E-state index in [0.29, 0.717) is 26.2 Å². The van der Waals surface area contributed by atoms with E-state index < -0.39 is 0 Å². The Bertz CT molecular complexity index is 646. The molecule has 0 aromatic heterocycles. The topological polar surface area (TPSA) is 67.6 Å². The van der Waals surface area contributed by atoms with Gasteiger partial charge in [0.25, 0.3) is 0 Å². The molecule has 0 saturated carbocycles. The first kappa shape index (κ1) is 19.0. The van der Waals surface area contributed by atoms with Crippen LogP contribution in [-0.4, -0.2) is 44.1 Å². The zero-order chi connectivity index (χ0) is 17.9. The minimum absolute atomic E-state index is 0.00702. The zero-order valence-corrected chi connectivity index (χ0v) is 14.8. The number of methoxy groups -OCH3 is 1. The molecule has 2 aromatic carbocycles. The number of rotatable bonds is 10. The van der Waals surface area contributed by atoms with Crippen molar-refractivity contribution in [1.29, 1.82) is 0 Å². The Labute approximate surface area is 149 Å². The van der Waals surface area contributed by atoms with E-state index in [4.69, 9.17) is 10.5 Å². The lowest BCUT2D eigenvalue weighted by Gasteiger charge is -2.21. The summed E-state index contributed by atoms with van der Waals surface area (Å²) in [7, 11) is 1.63. The second-order valence-corrected chi connectivity index (χ2v) is 5.89. The Morgan fingerprint density at radius 3 is 2.52 bits per heavy atom. The molecule has 3 N–H and O–H groups in total. The molecule has 0 saturated heterocycles. The van der Waals surface area contributed by atoms with Gasteiger partial charge in [0.1, 0.15) is 5.75 Å². The third-order valence-electron chi connectivity index (χ3n) is 4.04. The summed E-state index contributed by atoms with van der Waals surface area (Å²) in [6.45, 7) is 2.85. The van der Waals surface area contributed by atoms with Crippen molar-refractivity contribution in [3.05, 3.63) is 65.7 Å². The number of hydrogen-bond acceptors (Lipinski definition) is 4. The van der Waals surface area contributed by atoms with Gasteiger partial charge in [-0.3, -0.25) is 9.69 Å². The molecule has 1 amide bonds. The lowest BCUT2D eigenvalue weighted by Crippen LogP contribution is -2.40. The van der Waals surface area contributed by atoms with E-state index in [2.05, 4.69) is 22.3 Å². The van der Waals surface area contributed by atoms with Crippen molar-refractivity contribution >= 4 is 5.91 Å². The van der Waals surface area contributed by atoms with Gasteiger partial charge in [-0.2, -0.15) is 0 Å². The minimum atomic E-state index is -0.00702. The molecule has 0 aliphatic carbocycles. The van der Waals surface area contributed by atoms with Gasteiger partial charge in [0.15, 0.2) is 0 Å². The highest BCUT2D eigenvalue weighted by Crippen LogP contribution is 2.16. The Hall–Kier alpha value is -2.37. The van der Waals surface area contributed by atoms with Crippen LogP contribution in [0.15, 0.2) is 54.6 Å². The van der Waals surface area contributed by atoms with Crippen LogP contribution in [0.25, 0.3) is 0 Å². The van der Waals surface area contributed by atoms with Crippen LogP contribution in [0.4, 0.5) is 0 Å². The highest BCUT2D eigenvalue weighted by molar-refractivity contribution is 5.78. The standard InChI is InChI=1S/C20H27N3O2/c1-25-19-10-6-5-9-18(19)15-22-20(24)16-23(14-12-21)13-11-17-7-3-2-4-8-17/h2-10H,11-16,21H2,1H3,(H,22,24). The van der Waals surface area contributed by atoms with E-state index in [1.165, 1.54) is 5.56 Å². The first-order valence-corrected chi connectivity index (χ1v) is 8.58. The molecule has 0 bridgehead atoms. The molecule has 0 spiro atoms. The molecular formula is C20H27N3O2. The maximum atomic E-state index is 12.3. The van der Waals surface area contributed by atoms with Gasteiger partial charge in [0.05, 0.1) is 13.7 Å². The Morgan fingerprint density at radius 1 is 1.08 bits per heavy atom. The average molecular weight is 341 g/mol. The molecule has 0 radical (unpaired) electrons. The van der Waals surface area contributed by atoms with E-state index in [-0.39, 0.29) is 5.91 Å². The molecule has 2 aromatic rings. The van der Waals surface area contributed by atoms with E-state index in [1.54, 1.807) is 7.11 Å². The van der Waals surface area contributed by atoms with Gasteiger partial charge in [0, 0.05) is 31.7 Å². The molecule has 0 aliphatic heterocycles. The fourth-order valence-corrected chi connectivity index (χ4v) is 2.69. The number of ether oxygens (including phenoxy) is 1. The zero-order valence-electron chi connectivity index (χ0n) is 14.8. The normalized spacial score (nSPS) is 10.7. The molecule has 5 nitrogen and oxygen atoms in total. The van der Waals surface area contributed by atoms with Crippen molar-refractivity contribution in [1.82, 2.24) is 10.2 Å². The molecule has 2 rings (SSSR count). The van der Waals surface area contributed by atoms with Crippen LogP contribution in [0.5, 0.6) is 5.75 Å². The summed E-state index contributed by atoms with van der Waals surface area (Å²) in [6, 6.07) is 18.0. The van der Waals surface area contributed by atoms with Crippen molar-refractivity contribution < 1.29 is 9.53 Å². The number of benzene rings is 2. The lowest BCUT2D eigenvalue weighted by atomic mass is 10.1. The van der Waals surface area contributed by atoms with Crippen LogP contribution in [0.3, 0.4) is 0 Å². The summed E-state index contributed by atoms with van der Waals surface area (Å²) in [5, 5.41) is 2.96. The van der Waals surface area contributed by atoms with Crippen LogP contribution >= 0.6 is 0 Å².